The molecule has 9 heteroatoms. The summed E-state index contributed by atoms with van der Waals surface area (Å²) in [6.45, 7) is -0.344. The van der Waals surface area contributed by atoms with E-state index in [2.05, 4.69) is 21.0 Å². The third-order valence-corrected chi connectivity index (χ3v) is 3.77. The summed E-state index contributed by atoms with van der Waals surface area (Å²) in [4.78, 5) is 27.9. The molecule has 0 aliphatic carbocycles. The SMILES string of the molecule is N#Cc1ccccc1OCC(=O)NNC(=O)CCc1nc(-c2ccccc2)no1. The smallest absolute Gasteiger partial charge is 0.276 e. The molecule has 0 bridgehead atoms. The van der Waals surface area contributed by atoms with Crippen LogP contribution in [0, 0.1) is 11.3 Å². The maximum absolute atomic E-state index is 11.9. The number of carbonyl (C=O) groups excluding carboxylic acids is 2. The lowest BCUT2D eigenvalue weighted by Crippen LogP contribution is -2.43. The standard InChI is InChI=1S/C20H17N5O4/c21-12-15-8-4-5-9-16(15)28-13-18(27)24-23-17(26)10-11-19-22-20(25-29-19)14-6-2-1-3-7-14/h1-9H,10-11,13H2,(H,23,26)(H,24,27). The van der Waals surface area contributed by atoms with Crippen LogP contribution < -0.4 is 15.6 Å². The molecule has 0 aliphatic rings. The van der Waals surface area contributed by atoms with Crippen LogP contribution in [0.5, 0.6) is 5.75 Å². The van der Waals surface area contributed by atoms with Crippen LogP contribution in [0.3, 0.4) is 0 Å². The summed E-state index contributed by atoms with van der Waals surface area (Å²) in [5, 5.41) is 12.9. The van der Waals surface area contributed by atoms with Gasteiger partial charge < -0.3 is 9.26 Å². The molecule has 0 radical (unpaired) electrons. The highest BCUT2D eigenvalue weighted by Crippen LogP contribution is 2.16. The lowest BCUT2D eigenvalue weighted by molar-refractivity contribution is -0.130. The normalized spacial score (nSPS) is 10.0. The molecule has 0 aliphatic heterocycles. The van der Waals surface area contributed by atoms with Gasteiger partial charge in [0, 0.05) is 18.4 Å². The molecule has 2 aromatic carbocycles. The van der Waals surface area contributed by atoms with Crippen molar-refractivity contribution in [3.05, 3.63) is 66.1 Å². The van der Waals surface area contributed by atoms with Gasteiger partial charge in [-0.15, -0.1) is 0 Å². The van der Waals surface area contributed by atoms with Crippen molar-refractivity contribution >= 4 is 11.8 Å². The predicted octanol–water partition coefficient (Wildman–Crippen LogP) is 1.77. The zero-order valence-corrected chi connectivity index (χ0v) is 15.3. The van der Waals surface area contributed by atoms with E-state index in [-0.39, 0.29) is 19.4 Å². The second kappa shape index (κ2) is 9.66. The molecule has 0 atom stereocenters. The van der Waals surface area contributed by atoms with E-state index in [9.17, 15) is 9.59 Å². The number of hydrogen-bond acceptors (Lipinski definition) is 7. The van der Waals surface area contributed by atoms with Gasteiger partial charge in [-0.2, -0.15) is 10.2 Å². The number of para-hydroxylation sites is 1. The van der Waals surface area contributed by atoms with E-state index >= 15 is 0 Å². The second-order valence-electron chi connectivity index (χ2n) is 5.87. The number of aromatic nitrogens is 2. The third kappa shape index (κ3) is 5.64. The Morgan fingerprint density at radius 2 is 1.76 bits per heavy atom. The van der Waals surface area contributed by atoms with Gasteiger partial charge in [-0.05, 0) is 12.1 Å². The zero-order chi connectivity index (χ0) is 20.5. The summed E-state index contributed by atoms with van der Waals surface area (Å²) >= 11 is 0. The van der Waals surface area contributed by atoms with Crippen LogP contribution in [0.15, 0.2) is 59.1 Å². The van der Waals surface area contributed by atoms with Crippen LogP contribution in [-0.4, -0.2) is 28.6 Å². The molecule has 3 aromatic rings. The number of aryl methyl sites for hydroxylation is 1. The number of nitrogens with zero attached hydrogens (tertiary/aromatic N) is 3. The summed E-state index contributed by atoms with van der Waals surface area (Å²) in [6.07, 6.45) is 0.280. The first-order valence-corrected chi connectivity index (χ1v) is 8.73. The number of nitrogens with one attached hydrogen (secondary N) is 2. The molecule has 3 rings (SSSR count). The van der Waals surface area contributed by atoms with E-state index < -0.39 is 11.8 Å². The van der Waals surface area contributed by atoms with Gasteiger partial charge in [-0.3, -0.25) is 20.4 Å². The zero-order valence-electron chi connectivity index (χ0n) is 15.3. The number of hydrazine groups is 1. The lowest BCUT2D eigenvalue weighted by Gasteiger charge is -2.09. The molecular weight excluding hydrogens is 374 g/mol. The third-order valence-electron chi connectivity index (χ3n) is 3.77. The van der Waals surface area contributed by atoms with E-state index in [1.54, 1.807) is 24.3 Å². The molecule has 9 nitrogen and oxygen atoms in total. The average Bonchev–Trinajstić information content (AvgIpc) is 3.24. The van der Waals surface area contributed by atoms with Gasteiger partial charge in [0.25, 0.3) is 5.91 Å². The van der Waals surface area contributed by atoms with Crippen molar-refractivity contribution in [3.63, 3.8) is 0 Å². The van der Waals surface area contributed by atoms with Crippen molar-refractivity contribution in [2.75, 3.05) is 6.61 Å². The van der Waals surface area contributed by atoms with Crippen LogP contribution in [0.4, 0.5) is 0 Å². The number of amides is 2. The monoisotopic (exact) mass is 391 g/mol. The first-order valence-electron chi connectivity index (χ1n) is 8.73. The minimum absolute atomic E-state index is 0.0504. The van der Waals surface area contributed by atoms with Crippen LogP contribution in [-0.2, 0) is 16.0 Å². The fourth-order valence-corrected chi connectivity index (χ4v) is 2.35. The Morgan fingerprint density at radius 1 is 1.03 bits per heavy atom. The van der Waals surface area contributed by atoms with Crippen molar-refractivity contribution in [1.82, 2.24) is 21.0 Å². The molecule has 0 unspecified atom stereocenters. The van der Waals surface area contributed by atoms with Crippen molar-refractivity contribution in [2.45, 2.75) is 12.8 Å². The summed E-state index contributed by atoms with van der Waals surface area (Å²) < 4.78 is 10.4. The van der Waals surface area contributed by atoms with E-state index in [4.69, 9.17) is 14.5 Å². The van der Waals surface area contributed by atoms with Crippen molar-refractivity contribution in [3.8, 4) is 23.2 Å². The van der Waals surface area contributed by atoms with Crippen molar-refractivity contribution < 1.29 is 18.8 Å². The molecule has 2 N–H and O–H groups in total. The number of carbonyl (C=O) groups is 2. The highest BCUT2D eigenvalue weighted by Gasteiger charge is 2.12. The van der Waals surface area contributed by atoms with Gasteiger partial charge in [0.1, 0.15) is 11.8 Å². The maximum Gasteiger partial charge on any atom is 0.276 e. The molecule has 146 valence electrons. The average molecular weight is 391 g/mol. The Hall–Kier alpha value is -4.19. The Bertz CT molecular complexity index is 1030. The lowest BCUT2D eigenvalue weighted by atomic mass is 10.2. The molecule has 29 heavy (non-hydrogen) atoms. The summed E-state index contributed by atoms with van der Waals surface area (Å²) in [5.41, 5.74) is 5.66. The summed E-state index contributed by atoms with van der Waals surface area (Å²) in [6, 6.07) is 17.8. The number of benzene rings is 2. The van der Waals surface area contributed by atoms with Crippen molar-refractivity contribution in [2.24, 2.45) is 0 Å². The van der Waals surface area contributed by atoms with Gasteiger partial charge in [-0.25, -0.2) is 0 Å². The number of ether oxygens (including phenoxy) is 1. The van der Waals surface area contributed by atoms with Gasteiger partial charge in [-0.1, -0.05) is 47.6 Å². The van der Waals surface area contributed by atoms with E-state index in [0.717, 1.165) is 5.56 Å². The van der Waals surface area contributed by atoms with Crippen LogP contribution >= 0.6 is 0 Å². The molecule has 0 saturated heterocycles. The Kier molecular flexibility index (Phi) is 6.52. The first kappa shape index (κ1) is 19.6. The van der Waals surface area contributed by atoms with Crippen LogP contribution in [0.2, 0.25) is 0 Å². The molecule has 1 aromatic heterocycles. The molecular formula is C20H17N5O4. The van der Waals surface area contributed by atoms with E-state index in [0.29, 0.717) is 23.0 Å². The van der Waals surface area contributed by atoms with Crippen LogP contribution in [0.25, 0.3) is 11.4 Å². The second-order valence-corrected chi connectivity index (χ2v) is 5.87. The first-order chi connectivity index (χ1) is 14.2. The predicted molar refractivity (Wildman–Crippen MR) is 101 cm³/mol. The number of hydrogen-bond donors (Lipinski definition) is 2. The van der Waals surface area contributed by atoms with Gasteiger partial charge in [0.15, 0.2) is 6.61 Å². The highest BCUT2D eigenvalue weighted by atomic mass is 16.5. The minimum atomic E-state index is -0.560. The quantitative estimate of drug-likeness (QED) is 0.587. The van der Waals surface area contributed by atoms with E-state index in [1.165, 1.54) is 0 Å². The molecule has 1 heterocycles. The fourth-order valence-electron chi connectivity index (χ4n) is 2.35. The largest absolute Gasteiger partial charge is 0.482 e. The summed E-state index contributed by atoms with van der Waals surface area (Å²) in [5.74, 6) is 0.0819. The Morgan fingerprint density at radius 3 is 2.55 bits per heavy atom. The molecule has 2 amide bonds. The van der Waals surface area contributed by atoms with Gasteiger partial charge in [0.2, 0.25) is 17.6 Å². The topological polar surface area (TPSA) is 130 Å². The highest BCUT2D eigenvalue weighted by molar-refractivity contribution is 5.82. The van der Waals surface area contributed by atoms with Crippen molar-refractivity contribution in [1.29, 1.82) is 5.26 Å². The Labute approximate surface area is 166 Å². The van der Waals surface area contributed by atoms with E-state index in [1.807, 2.05) is 36.4 Å². The fraction of sp³-hybridized carbons (Fsp3) is 0.150. The summed E-state index contributed by atoms with van der Waals surface area (Å²) in [7, 11) is 0. The molecule has 0 spiro atoms. The molecule has 0 saturated carbocycles. The van der Waals surface area contributed by atoms with Gasteiger partial charge >= 0.3 is 0 Å². The number of rotatable bonds is 7. The van der Waals surface area contributed by atoms with Crippen LogP contribution in [0.1, 0.15) is 17.9 Å². The number of nitriles is 1. The Balaban J connectivity index is 1.39. The minimum Gasteiger partial charge on any atom is -0.482 e. The maximum atomic E-state index is 11.9. The van der Waals surface area contributed by atoms with Gasteiger partial charge in [0.05, 0.1) is 5.56 Å². The molecule has 0 fully saturated rings.